The summed E-state index contributed by atoms with van der Waals surface area (Å²) in [4.78, 5) is 66.5. The first-order valence-corrected chi connectivity index (χ1v) is 17.5. The van der Waals surface area contributed by atoms with E-state index in [0.29, 0.717) is 36.8 Å². The third kappa shape index (κ3) is 6.39. The minimum atomic E-state index is -1.06. The number of carbonyl (C=O) groups excluding carboxylic acids is 5. The van der Waals surface area contributed by atoms with E-state index in [1.807, 2.05) is 13.8 Å². The molecule has 2 N–H and O–H groups in total. The number of nitriles is 1. The predicted molar refractivity (Wildman–Crippen MR) is 184 cm³/mol. The number of imide groups is 1. The summed E-state index contributed by atoms with van der Waals surface area (Å²) in [7, 11) is 1.43. The number of benzene rings is 1. The molecule has 1 saturated heterocycles. The molecular formula is C38H45N7O5. The van der Waals surface area contributed by atoms with Crippen molar-refractivity contribution in [2.75, 3.05) is 25.0 Å². The first-order valence-electron chi connectivity index (χ1n) is 17.5. The maximum absolute atomic E-state index is 13.7. The van der Waals surface area contributed by atoms with Gasteiger partial charge in [-0.3, -0.25) is 28.8 Å². The Morgan fingerprint density at radius 3 is 2.60 bits per heavy atom. The molecule has 2 bridgehead atoms. The number of likely N-dealkylation sites (N-methyl/N-ethyl adjacent to an activating group) is 1. The van der Waals surface area contributed by atoms with E-state index >= 15 is 0 Å². The number of anilines is 1. The van der Waals surface area contributed by atoms with Gasteiger partial charge in [-0.2, -0.15) is 10.4 Å². The third-order valence-corrected chi connectivity index (χ3v) is 11.2. The molecule has 2 aromatic rings. The maximum Gasteiger partial charge on any atom is 0.262 e. The van der Waals surface area contributed by atoms with Gasteiger partial charge >= 0.3 is 0 Å². The average molecular weight is 680 g/mol. The van der Waals surface area contributed by atoms with Gasteiger partial charge in [-0.25, -0.2) is 0 Å². The van der Waals surface area contributed by atoms with Crippen LogP contribution in [0.5, 0.6) is 0 Å². The fraction of sp³-hybridized carbons (Fsp3) is 0.553. The Morgan fingerprint density at radius 1 is 1.16 bits per heavy atom. The highest BCUT2D eigenvalue weighted by atomic mass is 16.2. The van der Waals surface area contributed by atoms with Crippen molar-refractivity contribution in [1.29, 1.82) is 5.26 Å². The van der Waals surface area contributed by atoms with E-state index in [1.54, 1.807) is 35.3 Å². The lowest BCUT2D eigenvalue weighted by atomic mass is 9.58. The number of aromatic nitrogens is 2. The van der Waals surface area contributed by atoms with Crippen molar-refractivity contribution in [1.82, 2.24) is 25.3 Å². The van der Waals surface area contributed by atoms with Gasteiger partial charge in [0.05, 0.1) is 40.3 Å². The summed E-state index contributed by atoms with van der Waals surface area (Å²) in [5.74, 6) is 6.05. The van der Waals surface area contributed by atoms with Crippen LogP contribution in [0.25, 0.3) is 0 Å². The molecule has 2 saturated carbocycles. The van der Waals surface area contributed by atoms with Crippen LogP contribution in [0.3, 0.4) is 0 Å². The summed E-state index contributed by atoms with van der Waals surface area (Å²) in [6, 6.07) is 6.58. The Morgan fingerprint density at radius 2 is 1.90 bits per heavy atom. The van der Waals surface area contributed by atoms with Crippen molar-refractivity contribution in [3.05, 3.63) is 47.3 Å². The molecule has 3 fully saturated rings. The van der Waals surface area contributed by atoms with Gasteiger partial charge < -0.3 is 20.3 Å². The molecule has 50 heavy (non-hydrogen) atoms. The molecule has 6 atom stereocenters. The van der Waals surface area contributed by atoms with Gasteiger partial charge in [0.1, 0.15) is 17.9 Å². The lowest BCUT2D eigenvalue weighted by molar-refractivity contribution is -0.131. The number of aldehydes is 1. The lowest BCUT2D eigenvalue weighted by Crippen LogP contribution is -2.56. The van der Waals surface area contributed by atoms with Crippen LogP contribution >= 0.6 is 0 Å². The number of hydrogen-bond donors (Lipinski definition) is 2. The molecule has 4 aliphatic rings. The van der Waals surface area contributed by atoms with E-state index in [1.165, 1.54) is 7.05 Å². The molecule has 3 heterocycles. The van der Waals surface area contributed by atoms with Crippen LogP contribution in [0.4, 0.5) is 5.69 Å². The number of rotatable bonds is 9. The van der Waals surface area contributed by atoms with E-state index in [0.717, 1.165) is 36.3 Å². The molecule has 6 rings (SSSR count). The van der Waals surface area contributed by atoms with Crippen molar-refractivity contribution in [2.24, 2.45) is 29.1 Å². The molecule has 2 aliphatic heterocycles. The highest BCUT2D eigenvalue weighted by Crippen LogP contribution is 2.50. The summed E-state index contributed by atoms with van der Waals surface area (Å²) >= 11 is 0. The van der Waals surface area contributed by atoms with E-state index in [9.17, 15) is 29.2 Å². The van der Waals surface area contributed by atoms with Gasteiger partial charge in [0.15, 0.2) is 0 Å². The highest BCUT2D eigenvalue weighted by molar-refractivity contribution is 6.23. The number of nitrogens with one attached hydrogen (secondary N) is 2. The van der Waals surface area contributed by atoms with Gasteiger partial charge in [-0.15, -0.1) is 0 Å². The Labute approximate surface area is 292 Å². The molecule has 1 aromatic heterocycles. The van der Waals surface area contributed by atoms with Crippen LogP contribution in [0.1, 0.15) is 92.5 Å². The van der Waals surface area contributed by atoms with Gasteiger partial charge in [-0.1, -0.05) is 18.8 Å². The summed E-state index contributed by atoms with van der Waals surface area (Å²) in [5.41, 5.74) is 0.692. The first-order chi connectivity index (χ1) is 23.8. The summed E-state index contributed by atoms with van der Waals surface area (Å²) in [6.07, 6.45) is 8.06. The van der Waals surface area contributed by atoms with Crippen molar-refractivity contribution in [3.63, 3.8) is 0 Å². The quantitative estimate of drug-likeness (QED) is 0.232. The SMILES string of the molecule is CNC(=O)C(CCC=O)N1C(=O)c2ccc(N3CC(C#Cc4cnn(C(C)(C)C(=O)NC5C(C)CC6CC5CC(C)(C#N)C6)c4)C3)cc2C1=O. The van der Waals surface area contributed by atoms with Gasteiger partial charge in [0.2, 0.25) is 11.8 Å². The van der Waals surface area contributed by atoms with Gasteiger partial charge in [0.25, 0.3) is 11.8 Å². The fourth-order valence-electron chi connectivity index (χ4n) is 8.42. The molecule has 0 spiro atoms. The summed E-state index contributed by atoms with van der Waals surface area (Å²) in [6.45, 7) is 9.22. The Balaban J connectivity index is 1.06. The zero-order chi connectivity index (χ0) is 36.0. The normalized spacial score (nSPS) is 26.6. The molecule has 1 aromatic carbocycles. The zero-order valence-electron chi connectivity index (χ0n) is 29.4. The number of nitrogens with zero attached hydrogens (tertiary/aromatic N) is 5. The molecule has 12 heteroatoms. The topological polar surface area (TPSA) is 157 Å². The molecule has 2 aliphatic carbocycles. The standard InChI is InChI=1S/C38H45N7O5/c1-23-13-26-14-27(17-38(4,16-26)22-39)32(23)42-36(50)37(2,3)44-21-24(18-41-44)8-9-25-19-43(20-25)28-10-11-29-30(15-28)35(49)45(34(29)48)31(7-6-12-46)33(47)40-5/h10-12,15,18,21,23,25-27,31-32H,6-7,13-14,16-17,19-20H2,1-5H3,(H,40,47)(H,42,50). The Hall–Kier alpha value is -4.97. The molecule has 0 radical (unpaired) electrons. The highest BCUT2D eigenvalue weighted by Gasteiger charge is 2.47. The smallest absolute Gasteiger partial charge is 0.262 e. The molecular weight excluding hydrogens is 634 g/mol. The fourth-order valence-corrected chi connectivity index (χ4v) is 8.42. The number of hydrogen-bond acceptors (Lipinski definition) is 8. The monoisotopic (exact) mass is 679 g/mol. The Bertz CT molecular complexity index is 1820. The van der Waals surface area contributed by atoms with Crippen molar-refractivity contribution in [2.45, 2.75) is 83.8 Å². The second-order valence-corrected chi connectivity index (χ2v) is 15.3. The molecule has 6 unspecified atom stereocenters. The van der Waals surface area contributed by atoms with Crippen molar-refractivity contribution < 1.29 is 24.0 Å². The van der Waals surface area contributed by atoms with Gasteiger partial charge in [-0.05, 0) is 88.8 Å². The molecule has 262 valence electrons. The first kappa shape index (κ1) is 34.9. The van der Waals surface area contributed by atoms with E-state index in [-0.39, 0.29) is 53.2 Å². The van der Waals surface area contributed by atoms with Crippen LogP contribution in [0.15, 0.2) is 30.6 Å². The van der Waals surface area contributed by atoms with Crippen LogP contribution in [-0.2, 0) is 19.9 Å². The second-order valence-electron chi connectivity index (χ2n) is 15.3. The van der Waals surface area contributed by atoms with E-state index < -0.39 is 29.3 Å². The van der Waals surface area contributed by atoms with Crippen LogP contribution in [0, 0.1) is 52.3 Å². The average Bonchev–Trinajstić information content (AvgIpc) is 3.65. The molecule has 12 nitrogen and oxygen atoms in total. The molecule has 4 amide bonds. The van der Waals surface area contributed by atoms with Crippen molar-refractivity contribution >= 4 is 35.6 Å². The number of fused-ring (bicyclic) bond motifs is 3. The summed E-state index contributed by atoms with van der Waals surface area (Å²) < 4.78 is 1.66. The number of amides is 4. The van der Waals surface area contributed by atoms with Crippen LogP contribution < -0.4 is 15.5 Å². The van der Waals surface area contributed by atoms with Crippen LogP contribution in [0.2, 0.25) is 0 Å². The van der Waals surface area contributed by atoms with E-state index in [4.69, 9.17) is 0 Å². The maximum atomic E-state index is 13.7. The van der Waals surface area contributed by atoms with E-state index in [2.05, 4.69) is 52.4 Å². The Kier molecular flexibility index (Phi) is 9.34. The van der Waals surface area contributed by atoms with Crippen LogP contribution in [-0.4, -0.2) is 76.8 Å². The van der Waals surface area contributed by atoms with Gasteiger partial charge in [0, 0.05) is 44.5 Å². The third-order valence-electron chi connectivity index (χ3n) is 11.2. The van der Waals surface area contributed by atoms with Crippen molar-refractivity contribution in [3.8, 4) is 17.9 Å². The number of carbonyl (C=O) groups is 5. The lowest BCUT2D eigenvalue weighted by Gasteiger charge is -2.49. The predicted octanol–water partition coefficient (Wildman–Crippen LogP) is 3.27. The largest absolute Gasteiger partial charge is 0.369 e. The second kappa shape index (κ2) is 13.4. The zero-order valence-corrected chi connectivity index (χ0v) is 29.4. The minimum Gasteiger partial charge on any atom is -0.369 e. The minimum absolute atomic E-state index is 0.0264. The summed E-state index contributed by atoms with van der Waals surface area (Å²) in [5, 5.41) is 20.1.